The molecule has 0 aromatic carbocycles. The SMILES string of the molecule is COC1CC(CN)(N(C)Cc2cccs2)C1. The minimum atomic E-state index is 0.157. The number of thiophene rings is 1. The zero-order valence-corrected chi connectivity index (χ0v) is 10.8. The molecule has 2 N–H and O–H groups in total. The highest BCUT2D eigenvalue weighted by molar-refractivity contribution is 7.09. The van der Waals surface area contributed by atoms with Gasteiger partial charge in [0.25, 0.3) is 0 Å². The first-order chi connectivity index (χ1) is 7.70. The third-order valence-electron chi connectivity index (χ3n) is 3.71. The molecule has 0 aliphatic heterocycles. The van der Waals surface area contributed by atoms with Crippen molar-refractivity contribution in [1.29, 1.82) is 0 Å². The summed E-state index contributed by atoms with van der Waals surface area (Å²) >= 11 is 1.81. The maximum atomic E-state index is 5.92. The van der Waals surface area contributed by atoms with E-state index < -0.39 is 0 Å². The quantitative estimate of drug-likeness (QED) is 0.851. The molecular formula is C12H20N2OS. The van der Waals surface area contributed by atoms with Crippen molar-refractivity contribution in [2.24, 2.45) is 5.73 Å². The third kappa shape index (κ3) is 2.15. The largest absolute Gasteiger partial charge is 0.381 e. The van der Waals surface area contributed by atoms with E-state index >= 15 is 0 Å². The van der Waals surface area contributed by atoms with Gasteiger partial charge in [0.15, 0.2) is 0 Å². The maximum Gasteiger partial charge on any atom is 0.0607 e. The van der Waals surface area contributed by atoms with E-state index in [9.17, 15) is 0 Å². The van der Waals surface area contributed by atoms with E-state index in [0.717, 1.165) is 19.4 Å². The average molecular weight is 240 g/mol. The molecule has 0 bridgehead atoms. The second kappa shape index (κ2) is 4.84. The molecule has 1 aromatic rings. The zero-order valence-electron chi connectivity index (χ0n) is 9.98. The molecule has 4 heteroatoms. The van der Waals surface area contributed by atoms with Crippen LogP contribution in [0.1, 0.15) is 17.7 Å². The molecule has 1 aliphatic rings. The summed E-state index contributed by atoms with van der Waals surface area (Å²) in [6.07, 6.45) is 2.51. The van der Waals surface area contributed by atoms with Crippen molar-refractivity contribution in [1.82, 2.24) is 4.90 Å². The Labute approximate surface area is 101 Å². The smallest absolute Gasteiger partial charge is 0.0607 e. The van der Waals surface area contributed by atoms with Crippen LogP contribution in [-0.4, -0.2) is 37.2 Å². The summed E-state index contributed by atoms with van der Waals surface area (Å²) in [5.41, 5.74) is 6.08. The van der Waals surface area contributed by atoms with Crippen LogP contribution >= 0.6 is 11.3 Å². The van der Waals surface area contributed by atoms with Crippen LogP contribution in [0.4, 0.5) is 0 Å². The minimum Gasteiger partial charge on any atom is -0.381 e. The third-order valence-corrected chi connectivity index (χ3v) is 4.57. The van der Waals surface area contributed by atoms with Crippen LogP contribution in [0.25, 0.3) is 0 Å². The van der Waals surface area contributed by atoms with E-state index in [4.69, 9.17) is 10.5 Å². The van der Waals surface area contributed by atoms with Gasteiger partial charge in [0.05, 0.1) is 6.10 Å². The summed E-state index contributed by atoms with van der Waals surface area (Å²) in [5.74, 6) is 0. The molecule has 1 fully saturated rings. The van der Waals surface area contributed by atoms with Gasteiger partial charge in [-0.2, -0.15) is 0 Å². The predicted octanol–water partition coefficient (Wildman–Crippen LogP) is 1.69. The fourth-order valence-electron chi connectivity index (χ4n) is 2.39. The van der Waals surface area contributed by atoms with E-state index in [1.165, 1.54) is 4.88 Å². The van der Waals surface area contributed by atoms with Crippen molar-refractivity contribution in [2.45, 2.75) is 31.0 Å². The molecule has 3 nitrogen and oxygen atoms in total. The van der Waals surface area contributed by atoms with Gasteiger partial charge in [0.1, 0.15) is 0 Å². The van der Waals surface area contributed by atoms with Crippen LogP contribution in [0.2, 0.25) is 0 Å². The Morgan fingerprint density at radius 3 is 2.88 bits per heavy atom. The Balaban J connectivity index is 1.95. The first-order valence-electron chi connectivity index (χ1n) is 5.67. The highest BCUT2D eigenvalue weighted by Gasteiger charge is 2.46. The fraction of sp³-hybridized carbons (Fsp3) is 0.667. The van der Waals surface area contributed by atoms with Crippen LogP contribution in [0.15, 0.2) is 17.5 Å². The summed E-state index contributed by atoms with van der Waals surface area (Å²) in [4.78, 5) is 3.78. The molecule has 0 saturated heterocycles. The number of hydrogen-bond acceptors (Lipinski definition) is 4. The van der Waals surface area contributed by atoms with Crippen LogP contribution in [0.5, 0.6) is 0 Å². The maximum absolute atomic E-state index is 5.92. The van der Waals surface area contributed by atoms with E-state index in [2.05, 4.69) is 29.5 Å². The molecular weight excluding hydrogens is 220 g/mol. The molecule has 1 aliphatic carbocycles. The van der Waals surface area contributed by atoms with Crippen molar-refractivity contribution in [2.75, 3.05) is 20.7 Å². The molecule has 90 valence electrons. The molecule has 0 amide bonds. The number of rotatable bonds is 5. The second-order valence-corrected chi connectivity index (χ2v) is 5.66. The molecule has 1 heterocycles. The summed E-state index contributed by atoms with van der Waals surface area (Å²) in [6.45, 7) is 1.71. The molecule has 1 saturated carbocycles. The molecule has 2 rings (SSSR count). The Hall–Kier alpha value is -0.420. The molecule has 0 unspecified atom stereocenters. The van der Waals surface area contributed by atoms with Crippen molar-refractivity contribution < 1.29 is 4.74 Å². The monoisotopic (exact) mass is 240 g/mol. The van der Waals surface area contributed by atoms with Gasteiger partial charge < -0.3 is 10.5 Å². The summed E-state index contributed by atoms with van der Waals surface area (Å²) in [5, 5.41) is 2.12. The number of ether oxygens (including phenoxy) is 1. The zero-order chi connectivity index (χ0) is 11.6. The van der Waals surface area contributed by atoms with Gasteiger partial charge in [-0.05, 0) is 31.3 Å². The second-order valence-electron chi connectivity index (χ2n) is 4.63. The molecule has 16 heavy (non-hydrogen) atoms. The normalized spacial score (nSPS) is 29.4. The Kier molecular flexibility index (Phi) is 3.64. The van der Waals surface area contributed by atoms with Crippen LogP contribution in [0, 0.1) is 0 Å². The number of methoxy groups -OCH3 is 1. The number of nitrogens with zero attached hydrogens (tertiary/aromatic N) is 1. The Morgan fingerprint density at radius 2 is 2.38 bits per heavy atom. The average Bonchev–Trinajstić information content (AvgIpc) is 2.70. The Bertz CT molecular complexity index is 320. The molecule has 1 aromatic heterocycles. The van der Waals surface area contributed by atoms with Crippen molar-refractivity contribution >= 4 is 11.3 Å². The van der Waals surface area contributed by atoms with Crippen molar-refractivity contribution in [3.63, 3.8) is 0 Å². The fourth-order valence-corrected chi connectivity index (χ4v) is 3.15. The summed E-state index contributed by atoms with van der Waals surface area (Å²) in [6, 6.07) is 4.28. The predicted molar refractivity (Wildman–Crippen MR) is 67.6 cm³/mol. The number of hydrogen-bond donors (Lipinski definition) is 1. The van der Waals surface area contributed by atoms with Crippen molar-refractivity contribution in [3.05, 3.63) is 22.4 Å². The van der Waals surface area contributed by atoms with Crippen LogP contribution < -0.4 is 5.73 Å². The van der Waals surface area contributed by atoms with Crippen LogP contribution in [-0.2, 0) is 11.3 Å². The van der Waals surface area contributed by atoms with E-state index in [0.29, 0.717) is 12.6 Å². The highest BCUT2D eigenvalue weighted by atomic mass is 32.1. The van der Waals surface area contributed by atoms with E-state index in [-0.39, 0.29) is 5.54 Å². The number of nitrogens with two attached hydrogens (primary N) is 1. The van der Waals surface area contributed by atoms with Gasteiger partial charge in [-0.1, -0.05) is 6.07 Å². The van der Waals surface area contributed by atoms with Crippen LogP contribution in [0.3, 0.4) is 0 Å². The first kappa shape index (κ1) is 12.0. The number of likely N-dealkylation sites (N-methyl/N-ethyl adjacent to an activating group) is 1. The minimum absolute atomic E-state index is 0.157. The van der Waals surface area contributed by atoms with Gasteiger partial charge in [-0.15, -0.1) is 11.3 Å². The standard InChI is InChI=1S/C12H20N2OS/c1-14(8-11-4-3-5-16-11)12(9-13)6-10(7-12)15-2/h3-5,10H,6-9,13H2,1-2H3. The van der Waals surface area contributed by atoms with Gasteiger partial charge in [-0.25, -0.2) is 0 Å². The lowest BCUT2D eigenvalue weighted by atomic mass is 9.73. The van der Waals surface area contributed by atoms with Gasteiger partial charge in [0.2, 0.25) is 0 Å². The lowest BCUT2D eigenvalue weighted by molar-refractivity contribution is -0.0808. The topological polar surface area (TPSA) is 38.5 Å². The first-order valence-corrected chi connectivity index (χ1v) is 6.54. The molecule has 0 radical (unpaired) electrons. The van der Waals surface area contributed by atoms with E-state index in [1.54, 1.807) is 18.4 Å². The lowest BCUT2D eigenvalue weighted by Gasteiger charge is -2.52. The molecule has 0 spiro atoms. The van der Waals surface area contributed by atoms with Crippen molar-refractivity contribution in [3.8, 4) is 0 Å². The van der Waals surface area contributed by atoms with E-state index in [1.807, 2.05) is 0 Å². The highest BCUT2D eigenvalue weighted by Crippen LogP contribution is 2.38. The molecule has 0 atom stereocenters. The van der Waals surface area contributed by atoms with Gasteiger partial charge in [0, 0.05) is 30.6 Å². The van der Waals surface area contributed by atoms with Gasteiger partial charge in [-0.3, -0.25) is 4.90 Å². The Morgan fingerprint density at radius 1 is 1.62 bits per heavy atom. The lowest BCUT2D eigenvalue weighted by Crippen LogP contribution is -2.62. The summed E-state index contributed by atoms with van der Waals surface area (Å²) in [7, 11) is 3.95. The van der Waals surface area contributed by atoms with Gasteiger partial charge >= 0.3 is 0 Å². The summed E-state index contributed by atoms with van der Waals surface area (Å²) < 4.78 is 5.35.